The molecule has 0 spiro atoms. The first kappa shape index (κ1) is 15.6. The number of methoxy groups -OCH3 is 2. The summed E-state index contributed by atoms with van der Waals surface area (Å²) in [6, 6.07) is 4.83. The molecule has 0 bridgehead atoms. The van der Waals surface area contributed by atoms with Gasteiger partial charge in [0.05, 0.1) is 24.7 Å². The summed E-state index contributed by atoms with van der Waals surface area (Å²) in [5, 5.41) is 9.33. The van der Waals surface area contributed by atoms with Gasteiger partial charge in [0.2, 0.25) is 0 Å². The summed E-state index contributed by atoms with van der Waals surface area (Å²) in [5.74, 6) is 0.646. The Morgan fingerprint density at radius 1 is 1.19 bits per heavy atom. The van der Waals surface area contributed by atoms with Crippen molar-refractivity contribution in [1.82, 2.24) is 4.98 Å². The minimum Gasteiger partial charge on any atom is -0.496 e. The Labute approximate surface area is 122 Å². The average Bonchev–Trinajstić information content (AvgIpc) is 2.95. The van der Waals surface area contributed by atoms with Crippen LogP contribution in [0.1, 0.15) is 21.6 Å². The highest BCUT2D eigenvalue weighted by atomic mass is 32.1. The van der Waals surface area contributed by atoms with Crippen molar-refractivity contribution in [2.75, 3.05) is 14.2 Å². The van der Waals surface area contributed by atoms with Crippen molar-refractivity contribution in [3.63, 3.8) is 0 Å². The van der Waals surface area contributed by atoms with Crippen molar-refractivity contribution in [2.24, 2.45) is 0 Å². The molecule has 21 heavy (non-hydrogen) atoms. The van der Waals surface area contributed by atoms with Gasteiger partial charge in [0.1, 0.15) is 17.6 Å². The number of thiazole rings is 1. The van der Waals surface area contributed by atoms with E-state index in [1.54, 1.807) is 18.2 Å². The molecule has 0 aliphatic heterocycles. The Bertz CT molecular complexity index is 605. The monoisotopic (exact) mass is 319 g/mol. The first-order valence-corrected chi connectivity index (χ1v) is 6.62. The number of halogens is 3. The van der Waals surface area contributed by atoms with Gasteiger partial charge >= 0.3 is 6.18 Å². The summed E-state index contributed by atoms with van der Waals surface area (Å²) in [7, 11) is 2.80. The molecule has 0 aliphatic carbocycles. The molecule has 4 nitrogen and oxygen atoms in total. The van der Waals surface area contributed by atoms with Crippen molar-refractivity contribution < 1.29 is 27.8 Å². The van der Waals surface area contributed by atoms with Crippen LogP contribution in [0.4, 0.5) is 13.2 Å². The highest BCUT2D eigenvalue weighted by Crippen LogP contribution is 2.41. The molecule has 0 aliphatic rings. The molecular formula is C13H12F3NO3S. The van der Waals surface area contributed by atoms with E-state index in [1.165, 1.54) is 14.2 Å². The second-order valence-corrected chi connectivity index (χ2v) is 5.11. The zero-order chi connectivity index (χ0) is 15.6. The lowest BCUT2D eigenvalue weighted by Crippen LogP contribution is -2.04. The van der Waals surface area contributed by atoms with Crippen LogP contribution in [0.2, 0.25) is 0 Å². The molecule has 1 aromatic heterocycles. The van der Waals surface area contributed by atoms with E-state index in [2.05, 4.69) is 4.98 Å². The molecule has 0 radical (unpaired) electrons. The first-order valence-electron chi connectivity index (χ1n) is 5.80. The number of benzene rings is 1. The van der Waals surface area contributed by atoms with Crippen molar-refractivity contribution in [1.29, 1.82) is 0 Å². The molecule has 0 amide bonds. The fraction of sp³-hybridized carbons (Fsp3) is 0.308. The van der Waals surface area contributed by atoms with Gasteiger partial charge in [-0.15, -0.1) is 11.3 Å². The largest absolute Gasteiger partial charge is 0.496 e. The molecule has 0 saturated heterocycles. The van der Waals surface area contributed by atoms with Crippen LogP contribution in [0.3, 0.4) is 0 Å². The van der Waals surface area contributed by atoms with Crippen molar-refractivity contribution in [3.05, 3.63) is 39.8 Å². The van der Waals surface area contributed by atoms with Crippen molar-refractivity contribution in [3.8, 4) is 11.5 Å². The summed E-state index contributed by atoms with van der Waals surface area (Å²) in [6.07, 6.45) is -4.85. The Hall–Kier alpha value is -1.80. The molecule has 0 fully saturated rings. The van der Waals surface area contributed by atoms with Crippen molar-refractivity contribution >= 4 is 11.3 Å². The van der Waals surface area contributed by atoms with Crippen LogP contribution in [-0.4, -0.2) is 24.3 Å². The van der Waals surface area contributed by atoms with Gasteiger partial charge < -0.3 is 14.6 Å². The van der Waals surface area contributed by atoms with E-state index in [-0.39, 0.29) is 10.4 Å². The Balaban J connectivity index is 2.45. The summed E-state index contributed by atoms with van der Waals surface area (Å²) in [6.45, 7) is 0. The Morgan fingerprint density at radius 3 is 2.19 bits per heavy atom. The topological polar surface area (TPSA) is 51.6 Å². The second-order valence-electron chi connectivity index (χ2n) is 4.04. The van der Waals surface area contributed by atoms with Crippen LogP contribution >= 0.6 is 11.3 Å². The third-order valence-corrected chi connectivity index (χ3v) is 3.87. The number of aliphatic hydroxyl groups excluding tert-OH is 1. The normalized spacial score (nSPS) is 13.0. The highest BCUT2D eigenvalue weighted by molar-refractivity contribution is 7.11. The first-order chi connectivity index (χ1) is 9.88. The third-order valence-electron chi connectivity index (χ3n) is 2.77. The SMILES string of the molecule is COc1cccc(OC)c1C(O)c1cnc(C(F)(F)F)s1. The Morgan fingerprint density at radius 2 is 1.76 bits per heavy atom. The predicted molar refractivity (Wildman–Crippen MR) is 70.7 cm³/mol. The van der Waals surface area contributed by atoms with Crippen LogP contribution in [0, 0.1) is 0 Å². The molecule has 1 atom stereocenters. The maximum atomic E-state index is 12.6. The fourth-order valence-corrected chi connectivity index (χ4v) is 2.61. The molecule has 2 aromatic rings. The van der Waals surface area contributed by atoms with Crippen LogP contribution in [0.15, 0.2) is 24.4 Å². The zero-order valence-corrected chi connectivity index (χ0v) is 12.0. The molecule has 1 N–H and O–H groups in total. The number of aromatic nitrogens is 1. The molecule has 1 aromatic carbocycles. The van der Waals surface area contributed by atoms with Crippen LogP contribution in [0.25, 0.3) is 0 Å². The average molecular weight is 319 g/mol. The maximum absolute atomic E-state index is 12.6. The van der Waals surface area contributed by atoms with Gasteiger partial charge in [-0.25, -0.2) is 4.98 Å². The van der Waals surface area contributed by atoms with Crippen LogP contribution in [0.5, 0.6) is 11.5 Å². The minimum atomic E-state index is -4.53. The van der Waals surface area contributed by atoms with E-state index in [0.717, 1.165) is 6.20 Å². The summed E-state index contributed by atoms with van der Waals surface area (Å²) in [5.41, 5.74) is 0.264. The number of aliphatic hydroxyl groups is 1. The lowest BCUT2D eigenvalue weighted by Gasteiger charge is -2.16. The molecular weight excluding hydrogens is 307 g/mol. The van der Waals surface area contributed by atoms with Crippen LogP contribution < -0.4 is 9.47 Å². The van der Waals surface area contributed by atoms with E-state index in [4.69, 9.17) is 9.47 Å². The summed E-state index contributed by atoms with van der Waals surface area (Å²) < 4.78 is 48.0. The van der Waals surface area contributed by atoms with E-state index in [1.807, 2.05) is 0 Å². The number of hydrogen-bond acceptors (Lipinski definition) is 5. The lowest BCUT2D eigenvalue weighted by molar-refractivity contribution is -0.137. The second kappa shape index (κ2) is 5.90. The lowest BCUT2D eigenvalue weighted by atomic mass is 10.1. The van der Waals surface area contributed by atoms with Gasteiger partial charge in [-0.3, -0.25) is 0 Å². The van der Waals surface area contributed by atoms with Gasteiger partial charge in [0, 0.05) is 6.20 Å². The van der Waals surface area contributed by atoms with Gasteiger partial charge in [0.25, 0.3) is 0 Å². The summed E-state index contributed by atoms with van der Waals surface area (Å²) >= 11 is 0.384. The van der Waals surface area contributed by atoms with E-state index < -0.39 is 17.3 Å². The number of nitrogens with zero attached hydrogens (tertiary/aromatic N) is 1. The zero-order valence-electron chi connectivity index (χ0n) is 11.1. The molecule has 1 heterocycles. The molecule has 0 saturated carbocycles. The number of alkyl halides is 3. The minimum absolute atomic E-state index is 0.0603. The standard InChI is InChI=1S/C13H12F3NO3S/c1-19-7-4-3-5-8(20-2)10(7)11(18)9-6-17-12(21-9)13(14,15)16/h3-6,11,18H,1-2H3. The molecule has 2 rings (SSSR count). The number of rotatable bonds is 4. The van der Waals surface area contributed by atoms with Crippen molar-refractivity contribution in [2.45, 2.75) is 12.3 Å². The molecule has 114 valence electrons. The van der Waals surface area contributed by atoms with E-state index >= 15 is 0 Å². The quantitative estimate of drug-likeness (QED) is 0.940. The fourth-order valence-electron chi connectivity index (χ4n) is 1.84. The third kappa shape index (κ3) is 3.11. The van der Waals surface area contributed by atoms with E-state index in [0.29, 0.717) is 22.8 Å². The molecule has 1 unspecified atom stereocenters. The predicted octanol–water partition coefficient (Wildman–Crippen LogP) is 3.26. The highest BCUT2D eigenvalue weighted by Gasteiger charge is 2.35. The Kier molecular flexibility index (Phi) is 4.38. The number of hydrogen-bond donors (Lipinski definition) is 1. The number of ether oxygens (including phenoxy) is 2. The van der Waals surface area contributed by atoms with Gasteiger partial charge in [-0.2, -0.15) is 13.2 Å². The molecule has 8 heteroatoms. The van der Waals surface area contributed by atoms with Crippen LogP contribution in [-0.2, 0) is 6.18 Å². The van der Waals surface area contributed by atoms with Gasteiger partial charge in [-0.05, 0) is 12.1 Å². The summed E-state index contributed by atoms with van der Waals surface area (Å²) in [4.78, 5) is 3.36. The maximum Gasteiger partial charge on any atom is 0.443 e. The van der Waals surface area contributed by atoms with Gasteiger partial charge in [0.15, 0.2) is 5.01 Å². The van der Waals surface area contributed by atoms with E-state index in [9.17, 15) is 18.3 Å². The van der Waals surface area contributed by atoms with Gasteiger partial charge in [-0.1, -0.05) is 6.07 Å². The smallest absolute Gasteiger partial charge is 0.443 e.